The number of hydrazine groups is 1. The topological polar surface area (TPSA) is 109 Å². The summed E-state index contributed by atoms with van der Waals surface area (Å²) in [5.74, 6) is 5.84. The quantitative estimate of drug-likeness (QED) is 0.379. The second-order valence-electron chi connectivity index (χ2n) is 3.43. The summed E-state index contributed by atoms with van der Waals surface area (Å²) >= 11 is 0. The number of nitrogens with one attached hydrogen (secondary N) is 1. The van der Waals surface area contributed by atoms with Crippen molar-refractivity contribution in [2.24, 2.45) is 11.6 Å². The summed E-state index contributed by atoms with van der Waals surface area (Å²) in [6, 6.07) is 2.23. The van der Waals surface area contributed by atoms with Gasteiger partial charge in [0, 0.05) is 12.1 Å². The molecule has 1 unspecified atom stereocenters. The van der Waals surface area contributed by atoms with E-state index in [1.54, 1.807) is 12.1 Å². The molecule has 0 saturated carbocycles. The van der Waals surface area contributed by atoms with E-state index in [1.165, 1.54) is 21.3 Å². The number of benzene rings is 1. The SMILES string of the molecule is COc1cc(OC)c(C(N)C(=O)NN)c(OC)c1. The molecule has 0 saturated heterocycles. The number of carbonyl (C=O) groups excluding carboxylic acids is 1. The highest BCUT2D eigenvalue weighted by molar-refractivity contribution is 5.84. The van der Waals surface area contributed by atoms with Crippen LogP contribution in [0.1, 0.15) is 11.6 Å². The van der Waals surface area contributed by atoms with Crippen molar-refractivity contribution in [1.82, 2.24) is 5.43 Å². The molecule has 0 bridgehead atoms. The van der Waals surface area contributed by atoms with E-state index >= 15 is 0 Å². The molecule has 5 N–H and O–H groups in total. The number of hydrogen-bond donors (Lipinski definition) is 3. The van der Waals surface area contributed by atoms with Gasteiger partial charge >= 0.3 is 0 Å². The van der Waals surface area contributed by atoms with Gasteiger partial charge in [0.15, 0.2) is 0 Å². The summed E-state index contributed by atoms with van der Waals surface area (Å²) in [6.45, 7) is 0. The van der Waals surface area contributed by atoms with E-state index in [0.717, 1.165) is 0 Å². The lowest BCUT2D eigenvalue weighted by Gasteiger charge is -2.18. The van der Waals surface area contributed by atoms with E-state index < -0.39 is 11.9 Å². The number of rotatable bonds is 5. The highest BCUT2D eigenvalue weighted by Crippen LogP contribution is 2.37. The third kappa shape index (κ3) is 2.63. The normalized spacial score (nSPS) is 11.6. The van der Waals surface area contributed by atoms with Gasteiger partial charge in [-0.25, -0.2) is 5.84 Å². The van der Waals surface area contributed by atoms with Crippen LogP contribution in [0.5, 0.6) is 17.2 Å². The minimum atomic E-state index is -0.995. The predicted molar refractivity (Wildman–Crippen MR) is 65.4 cm³/mol. The highest BCUT2D eigenvalue weighted by atomic mass is 16.5. The van der Waals surface area contributed by atoms with Crippen molar-refractivity contribution >= 4 is 5.91 Å². The Morgan fingerprint density at radius 3 is 2.00 bits per heavy atom. The Kier molecular flexibility index (Phi) is 4.75. The highest BCUT2D eigenvalue weighted by Gasteiger charge is 2.24. The summed E-state index contributed by atoms with van der Waals surface area (Å²) in [4.78, 5) is 11.5. The first kappa shape index (κ1) is 14.1. The minimum absolute atomic E-state index is 0.391. The fourth-order valence-corrected chi connectivity index (χ4v) is 1.56. The summed E-state index contributed by atoms with van der Waals surface area (Å²) < 4.78 is 15.5. The van der Waals surface area contributed by atoms with Crippen LogP contribution in [0.2, 0.25) is 0 Å². The van der Waals surface area contributed by atoms with Crippen molar-refractivity contribution in [3.8, 4) is 17.2 Å². The maximum absolute atomic E-state index is 11.5. The van der Waals surface area contributed by atoms with Gasteiger partial charge in [0.25, 0.3) is 5.91 Å². The zero-order chi connectivity index (χ0) is 13.7. The number of ether oxygens (including phenoxy) is 3. The van der Waals surface area contributed by atoms with Crippen LogP contribution < -0.4 is 31.2 Å². The van der Waals surface area contributed by atoms with Gasteiger partial charge in [0.2, 0.25) is 0 Å². The van der Waals surface area contributed by atoms with Crippen molar-refractivity contribution in [2.45, 2.75) is 6.04 Å². The van der Waals surface area contributed by atoms with Crippen LogP contribution in [0, 0.1) is 0 Å². The van der Waals surface area contributed by atoms with E-state index in [2.05, 4.69) is 0 Å². The Labute approximate surface area is 105 Å². The molecule has 0 aliphatic rings. The molecule has 1 aromatic carbocycles. The second-order valence-corrected chi connectivity index (χ2v) is 3.43. The molecule has 7 heteroatoms. The predicted octanol–water partition coefficient (Wildman–Crippen LogP) is -0.298. The van der Waals surface area contributed by atoms with E-state index in [1.807, 2.05) is 5.43 Å². The fraction of sp³-hybridized carbons (Fsp3) is 0.364. The van der Waals surface area contributed by atoms with Gasteiger partial charge in [-0.05, 0) is 0 Å². The lowest BCUT2D eigenvalue weighted by Crippen LogP contribution is -2.38. The van der Waals surface area contributed by atoms with Crippen molar-refractivity contribution in [1.29, 1.82) is 0 Å². The van der Waals surface area contributed by atoms with Crippen molar-refractivity contribution in [2.75, 3.05) is 21.3 Å². The zero-order valence-corrected chi connectivity index (χ0v) is 10.5. The third-order valence-electron chi connectivity index (χ3n) is 2.49. The Hall–Kier alpha value is -1.99. The molecule has 1 rings (SSSR count). The van der Waals surface area contributed by atoms with Crippen LogP contribution in [-0.2, 0) is 4.79 Å². The monoisotopic (exact) mass is 255 g/mol. The van der Waals surface area contributed by atoms with Gasteiger partial charge < -0.3 is 19.9 Å². The van der Waals surface area contributed by atoms with Gasteiger partial charge in [-0.3, -0.25) is 10.2 Å². The second kappa shape index (κ2) is 6.08. The Balaban J connectivity index is 3.35. The van der Waals surface area contributed by atoms with Crippen LogP contribution in [0.4, 0.5) is 0 Å². The number of nitrogens with two attached hydrogens (primary N) is 2. The number of carbonyl (C=O) groups is 1. The van der Waals surface area contributed by atoms with Crippen LogP contribution in [0.15, 0.2) is 12.1 Å². The van der Waals surface area contributed by atoms with Crippen LogP contribution in [-0.4, -0.2) is 27.2 Å². The van der Waals surface area contributed by atoms with E-state index in [-0.39, 0.29) is 0 Å². The Morgan fingerprint density at radius 2 is 1.67 bits per heavy atom. The number of amides is 1. The molecule has 0 spiro atoms. The minimum Gasteiger partial charge on any atom is -0.496 e. The molecule has 0 aromatic heterocycles. The van der Waals surface area contributed by atoms with Gasteiger partial charge in [-0.1, -0.05) is 0 Å². The zero-order valence-electron chi connectivity index (χ0n) is 10.5. The Bertz CT molecular complexity index is 411. The first-order chi connectivity index (χ1) is 8.58. The molecule has 100 valence electrons. The molecule has 0 heterocycles. The van der Waals surface area contributed by atoms with E-state index in [0.29, 0.717) is 22.8 Å². The van der Waals surface area contributed by atoms with E-state index in [4.69, 9.17) is 25.8 Å². The Morgan fingerprint density at radius 1 is 1.17 bits per heavy atom. The van der Waals surface area contributed by atoms with Gasteiger partial charge in [-0.2, -0.15) is 0 Å². The van der Waals surface area contributed by atoms with Crippen molar-refractivity contribution in [3.63, 3.8) is 0 Å². The smallest absolute Gasteiger partial charge is 0.255 e. The molecule has 0 fully saturated rings. The first-order valence-electron chi connectivity index (χ1n) is 5.15. The number of methoxy groups -OCH3 is 3. The summed E-state index contributed by atoms with van der Waals surface area (Å²) in [6.07, 6.45) is 0. The molecular formula is C11H17N3O4. The molecule has 0 aliphatic carbocycles. The van der Waals surface area contributed by atoms with Crippen molar-refractivity contribution in [3.05, 3.63) is 17.7 Å². The fourth-order valence-electron chi connectivity index (χ4n) is 1.56. The van der Waals surface area contributed by atoms with Crippen molar-refractivity contribution < 1.29 is 19.0 Å². The van der Waals surface area contributed by atoms with Crippen LogP contribution in [0.25, 0.3) is 0 Å². The largest absolute Gasteiger partial charge is 0.496 e. The molecular weight excluding hydrogens is 238 g/mol. The van der Waals surface area contributed by atoms with Crippen LogP contribution in [0.3, 0.4) is 0 Å². The van der Waals surface area contributed by atoms with Gasteiger partial charge in [0.05, 0.1) is 26.9 Å². The molecule has 7 nitrogen and oxygen atoms in total. The molecule has 18 heavy (non-hydrogen) atoms. The van der Waals surface area contributed by atoms with E-state index in [9.17, 15) is 4.79 Å². The van der Waals surface area contributed by atoms with Gasteiger partial charge in [-0.15, -0.1) is 0 Å². The van der Waals surface area contributed by atoms with Crippen LogP contribution >= 0.6 is 0 Å². The molecule has 1 amide bonds. The lowest BCUT2D eigenvalue weighted by atomic mass is 10.0. The van der Waals surface area contributed by atoms with Gasteiger partial charge in [0.1, 0.15) is 23.3 Å². The summed E-state index contributed by atoms with van der Waals surface area (Å²) in [5.41, 5.74) is 8.19. The summed E-state index contributed by atoms with van der Waals surface area (Å²) in [7, 11) is 4.44. The maximum atomic E-state index is 11.5. The first-order valence-corrected chi connectivity index (χ1v) is 5.15. The average molecular weight is 255 g/mol. The third-order valence-corrected chi connectivity index (χ3v) is 2.49. The average Bonchev–Trinajstić information content (AvgIpc) is 2.43. The standard InChI is InChI=1S/C11H17N3O4/c1-16-6-4-7(17-2)9(8(5-6)18-3)10(12)11(15)14-13/h4-5,10H,12-13H2,1-3H3,(H,14,15). The molecule has 0 radical (unpaired) electrons. The molecule has 1 atom stereocenters. The number of hydrogen-bond acceptors (Lipinski definition) is 6. The molecule has 1 aromatic rings. The maximum Gasteiger partial charge on any atom is 0.255 e. The summed E-state index contributed by atoms with van der Waals surface area (Å²) in [5, 5.41) is 0. The molecule has 0 aliphatic heterocycles. The lowest BCUT2D eigenvalue weighted by molar-refractivity contribution is -0.122.